The summed E-state index contributed by atoms with van der Waals surface area (Å²) < 4.78 is 2.15. The van der Waals surface area contributed by atoms with Crippen LogP contribution >= 0.6 is 27.3 Å². The number of hydrogen-bond acceptors (Lipinski definition) is 4. The first kappa shape index (κ1) is 17.8. The first-order chi connectivity index (χ1) is 12.0. The van der Waals surface area contributed by atoms with Crippen molar-refractivity contribution in [3.63, 3.8) is 0 Å². The smallest absolute Gasteiger partial charge is 0.261 e. The zero-order valence-electron chi connectivity index (χ0n) is 13.9. The van der Waals surface area contributed by atoms with Gasteiger partial charge in [-0.05, 0) is 35.6 Å². The highest BCUT2D eigenvalue weighted by atomic mass is 79.9. The van der Waals surface area contributed by atoms with Crippen LogP contribution in [0.4, 0.5) is 0 Å². The molecule has 0 aliphatic rings. The van der Waals surface area contributed by atoms with E-state index in [1.54, 1.807) is 23.5 Å². The summed E-state index contributed by atoms with van der Waals surface area (Å²) in [6.07, 6.45) is 1.42. The Morgan fingerprint density at radius 1 is 1.36 bits per heavy atom. The molecule has 0 fully saturated rings. The van der Waals surface area contributed by atoms with Crippen LogP contribution in [-0.2, 0) is 11.3 Å². The third kappa shape index (κ3) is 3.99. The predicted molar refractivity (Wildman–Crippen MR) is 104 cm³/mol. The molecular weight excluding hydrogens is 402 g/mol. The second-order valence-corrected chi connectivity index (χ2v) is 8.04. The Balaban J connectivity index is 1.82. The zero-order chi connectivity index (χ0) is 18.0. The Hall–Kier alpha value is -1.99. The Morgan fingerprint density at radius 3 is 2.84 bits per heavy atom. The van der Waals surface area contributed by atoms with Crippen LogP contribution in [0.5, 0.6) is 0 Å². The first-order valence-electron chi connectivity index (χ1n) is 7.93. The van der Waals surface area contributed by atoms with Crippen LogP contribution in [0.2, 0.25) is 0 Å². The number of halogens is 1. The molecule has 3 rings (SSSR count). The highest BCUT2D eigenvalue weighted by Gasteiger charge is 2.19. The van der Waals surface area contributed by atoms with Crippen molar-refractivity contribution in [2.75, 3.05) is 0 Å². The van der Waals surface area contributed by atoms with Gasteiger partial charge >= 0.3 is 0 Å². The summed E-state index contributed by atoms with van der Waals surface area (Å²) in [5.41, 5.74) is 0.391. The highest BCUT2D eigenvalue weighted by Crippen LogP contribution is 2.25. The van der Waals surface area contributed by atoms with Gasteiger partial charge in [-0.1, -0.05) is 35.8 Å². The van der Waals surface area contributed by atoms with E-state index >= 15 is 0 Å². The van der Waals surface area contributed by atoms with E-state index in [2.05, 4.69) is 40.1 Å². The molecule has 25 heavy (non-hydrogen) atoms. The van der Waals surface area contributed by atoms with E-state index in [1.807, 2.05) is 23.6 Å². The SMILES string of the molecule is CC(C)C(NC(=O)Cn1cnc2ccc(Br)cc2c1=O)c1cccs1. The number of carbonyl (C=O) groups is 1. The number of aromatic nitrogens is 2. The van der Waals surface area contributed by atoms with Crippen LogP contribution in [0, 0.1) is 5.92 Å². The summed E-state index contributed by atoms with van der Waals surface area (Å²) in [5.74, 6) is 0.0513. The second-order valence-electron chi connectivity index (χ2n) is 6.14. The average molecular weight is 420 g/mol. The number of carbonyl (C=O) groups excluding carboxylic acids is 1. The van der Waals surface area contributed by atoms with Gasteiger partial charge in [-0.25, -0.2) is 4.98 Å². The van der Waals surface area contributed by atoms with Gasteiger partial charge in [-0.15, -0.1) is 11.3 Å². The van der Waals surface area contributed by atoms with Crippen molar-refractivity contribution in [3.05, 3.63) is 61.7 Å². The Kier molecular flexibility index (Phi) is 5.34. The van der Waals surface area contributed by atoms with E-state index in [4.69, 9.17) is 0 Å². The number of nitrogens with one attached hydrogen (secondary N) is 1. The van der Waals surface area contributed by atoms with Crippen molar-refractivity contribution in [3.8, 4) is 0 Å². The lowest BCUT2D eigenvalue weighted by Gasteiger charge is -2.21. The highest BCUT2D eigenvalue weighted by molar-refractivity contribution is 9.10. The number of benzene rings is 1. The van der Waals surface area contributed by atoms with Gasteiger partial charge in [0.1, 0.15) is 6.54 Å². The van der Waals surface area contributed by atoms with E-state index in [-0.39, 0.29) is 30.0 Å². The third-order valence-electron chi connectivity index (χ3n) is 3.93. The van der Waals surface area contributed by atoms with Gasteiger partial charge in [0.25, 0.3) is 5.56 Å². The summed E-state index contributed by atoms with van der Waals surface area (Å²) >= 11 is 4.97. The topological polar surface area (TPSA) is 64.0 Å². The lowest BCUT2D eigenvalue weighted by atomic mass is 10.0. The lowest BCUT2D eigenvalue weighted by molar-refractivity contribution is -0.122. The number of hydrogen-bond donors (Lipinski definition) is 1. The maximum absolute atomic E-state index is 12.6. The summed E-state index contributed by atoms with van der Waals surface area (Å²) in [7, 11) is 0. The maximum Gasteiger partial charge on any atom is 0.261 e. The fourth-order valence-electron chi connectivity index (χ4n) is 2.65. The third-order valence-corrected chi connectivity index (χ3v) is 5.38. The van der Waals surface area contributed by atoms with Gasteiger partial charge in [0.05, 0.1) is 23.3 Å². The lowest BCUT2D eigenvalue weighted by Crippen LogP contribution is -2.36. The van der Waals surface area contributed by atoms with Crippen molar-refractivity contribution in [2.45, 2.75) is 26.4 Å². The first-order valence-corrected chi connectivity index (χ1v) is 9.60. The molecule has 2 heterocycles. The fraction of sp³-hybridized carbons (Fsp3) is 0.278. The summed E-state index contributed by atoms with van der Waals surface area (Å²) in [4.78, 5) is 30.4. The van der Waals surface area contributed by atoms with Crippen LogP contribution in [0.15, 0.2) is 51.3 Å². The van der Waals surface area contributed by atoms with Crippen molar-refractivity contribution in [2.24, 2.45) is 5.92 Å². The molecule has 2 aromatic heterocycles. The molecule has 1 aromatic carbocycles. The van der Waals surface area contributed by atoms with E-state index < -0.39 is 0 Å². The van der Waals surface area contributed by atoms with Gasteiger partial charge in [0.15, 0.2) is 0 Å². The van der Waals surface area contributed by atoms with Crippen LogP contribution in [0.3, 0.4) is 0 Å². The monoisotopic (exact) mass is 419 g/mol. The molecular formula is C18H18BrN3O2S. The van der Waals surface area contributed by atoms with E-state index in [1.165, 1.54) is 10.9 Å². The number of thiophene rings is 1. The molecule has 1 unspecified atom stereocenters. The van der Waals surface area contributed by atoms with Gasteiger partial charge in [-0.2, -0.15) is 0 Å². The van der Waals surface area contributed by atoms with E-state index in [0.29, 0.717) is 10.9 Å². The second kappa shape index (κ2) is 7.49. The molecule has 0 aliphatic carbocycles. The molecule has 1 amide bonds. The predicted octanol–water partition coefficient (Wildman–Crippen LogP) is 3.73. The summed E-state index contributed by atoms with van der Waals surface area (Å²) in [5, 5.41) is 5.51. The van der Waals surface area contributed by atoms with E-state index in [0.717, 1.165) is 9.35 Å². The van der Waals surface area contributed by atoms with Gasteiger partial charge < -0.3 is 5.32 Å². The minimum absolute atomic E-state index is 0.0527. The molecule has 0 aliphatic heterocycles. The van der Waals surface area contributed by atoms with E-state index in [9.17, 15) is 9.59 Å². The normalized spacial score (nSPS) is 12.5. The Morgan fingerprint density at radius 2 is 2.16 bits per heavy atom. The maximum atomic E-state index is 12.6. The van der Waals surface area contributed by atoms with Crippen LogP contribution in [0.25, 0.3) is 10.9 Å². The van der Waals surface area contributed by atoms with Gasteiger partial charge in [-0.3, -0.25) is 14.2 Å². The van der Waals surface area contributed by atoms with Crippen LogP contribution < -0.4 is 10.9 Å². The van der Waals surface area contributed by atoms with Crippen LogP contribution in [-0.4, -0.2) is 15.5 Å². The van der Waals surface area contributed by atoms with Gasteiger partial charge in [0.2, 0.25) is 5.91 Å². The molecule has 0 saturated heterocycles. The molecule has 1 N–H and O–H groups in total. The number of amides is 1. The molecule has 1 atom stereocenters. The standard InChI is InChI=1S/C18H18BrN3O2S/c1-11(2)17(15-4-3-7-25-15)21-16(23)9-22-10-20-14-6-5-12(19)8-13(14)18(22)24/h3-8,10-11,17H,9H2,1-2H3,(H,21,23). The number of fused-ring (bicyclic) bond motifs is 1. The molecule has 3 aromatic rings. The van der Waals surface area contributed by atoms with Crippen molar-refractivity contribution < 1.29 is 4.79 Å². The van der Waals surface area contributed by atoms with Crippen molar-refractivity contribution in [1.82, 2.24) is 14.9 Å². The zero-order valence-corrected chi connectivity index (χ0v) is 16.3. The average Bonchev–Trinajstić information content (AvgIpc) is 3.09. The quantitative estimate of drug-likeness (QED) is 0.684. The largest absolute Gasteiger partial charge is 0.347 e. The Labute approximate surface area is 157 Å². The van der Waals surface area contributed by atoms with Crippen molar-refractivity contribution >= 4 is 44.1 Å². The fourth-order valence-corrected chi connectivity index (χ4v) is 3.96. The Bertz CT molecular complexity index is 951. The summed E-state index contributed by atoms with van der Waals surface area (Å²) in [6, 6.07) is 9.25. The molecule has 7 heteroatoms. The molecule has 5 nitrogen and oxygen atoms in total. The molecule has 0 saturated carbocycles. The number of rotatable bonds is 5. The minimum atomic E-state index is -0.223. The number of nitrogens with zero attached hydrogens (tertiary/aromatic N) is 2. The molecule has 130 valence electrons. The summed E-state index contributed by atoms with van der Waals surface area (Å²) in [6.45, 7) is 4.07. The molecule has 0 radical (unpaired) electrons. The van der Waals surface area contributed by atoms with Gasteiger partial charge in [0, 0.05) is 9.35 Å². The minimum Gasteiger partial charge on any atom is -0.347 e. The molecule has 0 spiro atoms. The molecule has 0 bridgehead atoms. The van der Waals surface area contributed by atoms with Crippen LogP contribution in [0.1, 0.15) is 24.8 Å². The van der Waals surface area contributed by atoms with Crippen molar-refractivity contribution in [1.29, 1.82) is 0 Å².